The number of halogens is 2. The molecule has 2 rings (SSSR count). The van der Waals surface area contributed by atoms with Crippen LogP contribution in [0.1, 0.15) is 18.0 Å². The van der Waals surface area contributed by atoms with Crippen LogP contribution in [0.5, 0.6) is 5.75 Å². The van der Waals surface area contributed by atoms with Crippen molar-refractivity contribution in [3.05, 3.63) is 59.9 Å². The second-order valence-corrected chi connectivity index (χ2v) is 5.26. The molecule has 0 aromatic heterocycles. The normalized spacial score (nSPS) is 11.3. The van der Waals surface area contributed by atoms with Crippen molar-refractivity contribution in [2.24, 2.45) is 5.73 Å². The monoisotopic (exact) mass is 368 g/mol. The van der Waals surface area contributed by atoms with Crippen LogP contribution in [0.3, 0.4) is 0 Å². The molecule has 1 atom stereocenters. The maximum Gasteiger partial charge on any atom is 0.226 e. The lowest BCUT2D eigenvalue weighted by molar-refractivity contribution is -0.116. The second-order valence-electron chi connectivity index (χ2n) is 5.26. The summed E-state index contributed by atoms with van der Waals surface area (Å²) < 4.78 is 24.0. The molecule has 25 heavy (non-hydrogen) atoms. The van der Waals surface area contributed by atoms with Gasteiger partial charge in [0.15, 0.2) is 11.6 Å². The second kappa shape index (κ2) is 10.7. The van der Waals surface area contributed by atoms with E-state index in [9.17, 15) is 9.18 Å². The summed E-state index contributed by atoms with van der Waals surface area (Å²) in [5.41, 5.74) is 7.24. The summed E-state index contributed by atoms with van der Waals surface area (Å²) in [6.45, 7) is 0.625. The Morgan fingerprint density at radius 1 is 1.20 bits per heavy atom. The molecule has 0 radical (unpaired) electrons. The first-order valence-electron chi connectivity index (χ1n) is 7.62. The fraction of sp³-hybridized carbons (Fsp3) is 0.278. The molecule has 0 bridgehead atoms. The lowest BCUT2D eigenvalue weighted by atomic mass is 10.0. The van der Waals surface area contributed by atoms with Crippen LogP contribution < -0.4 is 15.8 Å². The number of rotatable bonds is 8. The lowest BCUT2D eigenvalue weighted by Crippen LogP contribution is -2.20. The average Bonchev–Trinajstić information content (AvgIpc) is 2.57. The van der Waals surface area contributed by atoms with Gasteiger partial charge in [0.1, 0.15) is 6.61 Å². The molecule has 136 valence electrons. The predicted molar refractivity (Wildman–Crippen MR) is 97.6 cm³/mol. The van der Waals surface area contributed by atoms with Crippen molar-refractivity contribution in [2.75, 3.05) is 25.6 Å². The van der Waals surface area contributed by atoms with E-state index in [1.54, 1.807) is 13.2 Å². The Hall–Kier alpha value is -2.15. The SMILES string of the molecule is COCCOc1ccc(NC(=O)CC(N)c2ccccc2)cc1F.Cl. The highest BCUT2D eigenvalue weighted by Crippen LogP contribution is 2.22. The van der Waals surface area contributed by atoms with Crippen molar-refractivity contribution in [3.63, 3.8) is 0 Å². The number of hydrogen-bond acceptors (Lipinski definition) is 4. The summed E-state index contributed by atoms with van der Waals surface area (Å²) in [5.74, 6) is -0.707. The van der Waals surface area contributed by atoms with Crippen LogP contribution in [0.15, 0.2) is 48.5 Å². The molecule has 1 unspecified atom stereocenters. The van der Waals surface area contributed by atoms with Gasteiger partial charge in [0.2, 0.25) is 5.91 Å². The van der Waals surface area contributed by atoms with E-state index in [4.69, 9.17) is 15.2 Å². The molecule has 0 aliphatic rings. The van der Waals surface area contributed by atoms with E-state index < -0.39 is 11.9 Å². The Morgan fingerprint density at radius 3 is 2.56 bits per heavy atom. The van der Waals surface area contributed by atoms with E-state index in [1.807, 2.05) is 30.3 Å². The van der Waals surface area contributed by atoms with Gasteiger partial charge in [-0.1, -0.05) is 30.3 Å². The molecule has 2 aromatic carbocycles. The van der Waals surface area contributed by atoms with Crippen LogP contribution in [-0.2, 0) is 9.53 Å². The fourth-order valence-corrected chi connectivity index (χ4v) is 2.16. The van der Waals surface area contributed by atoms with Gasteiger partial charge in [-0.2, -0.15) is 0 Å². The minimum atomic E-state index is -0.545. The minimum absolute atomic E-state index is 0. The quantitative estimate of drug-likeness (QED) is 0.701. The van der Waals surface area contributed by atoms with E-state index in [0.717, 1.165) is 5.56 Å². The summed E-state index contributed by atoms with van der Waals surface area (Å²) in [5, 5.41) is 2.64. The molecule has 2 aromatic rings. The number of carbonyl (C=O) groups excluding carboxylic acids is 1. The van der Waals surface area contributed by atoms with Crippen LogP contribution in [0, 0.1) is 5.82 Å². The number of anilines is 1. The maximum atomic E-state index is 13.9. The summed E-state index contributed by atoms with van der Waals surface area (Å²) in [4.78, 5) is 12.0. The zero-order valence-corrected chi connectivity index (χ0v) is 14.7. The lowest BCUT2D eigenvalue weighted by Gasteiger charge is -2.13. The third kappa shape index (κ3) is 6.70. The minimum Gasteiger partial charge on any atom is -0.488 e. The molecule has 0 heterocycles. The molecule has 3 N–H and O–H groups in total. The maximum absolute atomic E-state index is 13.9. The van der Waals surface area contributed by atoms with Gasteiger partial charge in [0.05, 0.1) is 6.61 Å². The molecule has 0 aliphatic heterocycles. The average molecular weight is 369 g/mol. The highest BCUT2D eigenvalue weighted by atomic mass is 35.5. The van der Waals surface area contributed by atoms with Crippen molar-refractivity contribution in [2.45, 2.75) is 12.5 Å². The topological polar surface area (TPSA) is 73.6 Å². The van der Waals surface area contributed by atoms with Crippen LogP contribution in [0.4, 0.5) is 10.1 Å². The molecule has 0 saturated carbocycles. The first-order chi connectivity index (χ1) is 11.6. The third-order valence-electron chi connectivity index (χ3n) is 3.39. The van der Waals surface area contributed by atoms with Crippen molar-refractivity contribution in [1.29, 1.82) is 0 Å². The van der Waals surface area contributed by atoms with Gasteiger partial charge in [-0.3, -0.25) is 4.79 Å². The Morgan fingerprint density at radius 2 is 1.92 bits per heavy atom. The van der Waals surface area contributed by atoms with Gasteiger partial charge in [-0.05, 0) is 17.7 Å². The number of methoxy groups -OCH3 is 1. The van der Waals surface area contributed by atoms with Crippen LogP contribution in [0.2, 0.25) is 0 Å². The zero-order valence-electron chi connectivity index (χ0n) is 13.9. The number of carbonyl (C=O) groups is 1. The Kier molecular flexibility index (Phi) is 8.91. The van der Waals surface area contributed by atoms with E-state index >= 15 is 0 Å². The highest BCUT2D eigenvalue weighted by Gasteiger charge is 2.12. The largest absolute Gasteiger partial charge is 0.488 e. The van der Waals surface area contributed by atoms with Crippen LogP contribution in [0.25, 0.3) is 0 Å². The van der Waals surface area contributed by atoms with Gasteiger partial charge in [0, 0.05) is 31.3 Å². The molecule has 0 saturated heterocycles. The molecule has 5 nitrogen and oxygen atoms in total. The molecular weight excluding hydrogens is 347 g/mol. The van der Waals surface area contributed by atoms with Crippen molar-refractivity contribution in [1.82, 2.24) is 0 Å². The van der Waals surface area contributed by atoms with Crippen molar-refractivity contribution in [3.8, 4) is 5.75 Å². The first kappa shape index (κ1) is 20.9. The molecular formula is C18H22ClFN2O3. The number of amides is 1. The Labute approximate surface area is 152 Å². The van der Waals surface area contributed by atoms with Gasteiger partial charge in [-0.25, -0.2) is 4.39 Å². The molecule has 7 heteroatoms. The zero-order chi connectivity index (χ0) is 17.4. The Bertz CT molecular complexity index is 671. The van der Waals surface area contributed by atoms with E-state index in [2.05, 4.69) is 5.32 Å². The highest BCUT2D eigenvalue weighted by molar-refractivity contribution is 5.91. The Balaban J connectivity index is 0.00000312. The predicted octanol–water partition coefficient (Wildman–Crippen LogP) is 3.30. The van der Waals surface area contributed by atoms with Crippen molar-refractivity contribution >= 4 is 24.0 Å². The standard InChI is InChI=1S/C18H21FN2O3.ClH/c1-23-9-10-24-17-8-7-14(11-15(17)19)21-18(22)12-16(20)13-5-3-2-4-6-13;/h2-8,11,16H,9-10,12,20H2,1H3,(H,21,22);1H. The number of nitrogens with two attached hydrogens (primary N) is 1. The smallest absolute Gasteiger partial charge is 0.226 e. The molecule has 0 aliphatic carbocycles. The van der Waals surface area contributed by atoms with Crippen LogP contribution >= 0.6 is 12.4 Å². The van der Waals surface area contributed by atoms with Gasteiger partial charge < -0.3 is 20.5 Å². The molecule has 1 amide bonds. The van der Waals surface area contributed by atoms with Gasteiger partial charge in [-0.15, -0.1) is 12.4 Å². The summed E-state index contributed by atoms with van der Waals surface area (Å²) in [6, 6.07) is 13.2. The number of ether oxygens (including phenoxy) is 2. The summed E-state index contributed by atoms with van der Waals surface area (Å²) >= 11 is 0. The number of benzene rings is 2. The van der Waals surface area contributed by atoms with E-state index in [-0.39, 0.29) is 37.1 Å². The molecule has 0 spiro atoms. The number of nitrogens with one attached hydrogen (secondary N) is 1. The number of hydrogen-bond donors (Lipinski definition) is 2. The summed E-state index contributed by atoms with van der Waals surface area (Å²) in [6.07, 6.45) is 0.109. The fourth-order valence-electron chi connectivity index (χ4n) is 2.16. The van der Waals surface area contributed by atoms with Gasteiger partial charge in [0.25, 0.3) is 0 Å². The van der Waals surface area contributed by atoms with Crippen molar-refractivity contribution < 1.29 is 18.7 Å². The summed E-state index contributed by atoms with van der Waals surface area (Å²) in [7, 11) is 1.54. The van der Waals surface area contributed by atoms with E-state index in [1.165, 1.54) is 12.1 Å². The van der Waals surface area contributed by atoms with Crippen LogP contribution in [-0.4, -0.2) is 26.2 Å². The third-order valence-corrected chi connectivity index (χ3v) is 3.39. The van der Waals surface area contributed by atoms with E-state index in [0.29, 0.717) is 12.3 Å². The molecule has 0 fully saturated rings. The van der Waals surface area contributed by atoms with Gasteiger partial charge >= 0.3 is 0 Å². The first-order valence-corrected chi connectivity index (χ1v) is 7.62.